The predicted molar refractivity (Wildman–Crippen MR) is 72.7 cm³/mol. The fourth-order valence-electron chi connectivity index (χ4n) is 2.02. The molecular formula is C13H13FN6. The van der Waals surface area contributed by atoms with Gasteiger partial charge < -0.3 is 10.3 Å². The molecule has 6 nitrogen and oxygen atoms in total. The Morgan fingerprint density at radius 3 is 2.90 bits per heavy atom. The minimum Gasteiger partial charge on any atom is -0.364 e. The summed E-state index contributed by atoms with van der Waals surface area (Å²) >= 11 is 0. The second kappa shape index (κ2) is 4.84. The van der Waals surface area contributed by atoms with Gasteiger partial charge in [0.1, 0.15) is 5.52 Å². The normalized spacial score (nSPS) is 10.9. The molecule has 0 spiro atoms. The number of aromatic amines is 1. The van der Waals surface area contributed by atoms with Crippen molar-refractivity contribution in [1.82, 2.24) is 24.9 Å². The van der Waals surface area contributed by atoms with E-state index in [1.54, 1.807) is 6.20 Å². The number of aromatic nitrogens is 5. The first-order valence-electron chi connectivity index (χ1n) is 6.16. The van der Waals surface area contributed by atoms with E-state index in [1.807, 2.05) is 19.9 Å². The third kappa shape index (κ3) is 2.29. The third-order valence-electron chi connectivity index (χ3n) is 3.06. The summed E-state index contributed by atoms with van der Waals surface area (Å²) in [6, 6.07) is 2.00. The van der Waals surface area contributed by atoms with Crippen LogP contribution in [-0.4, -0.2) is 24.9 Å². The molecule has 0 aliphatic heterocycles. The zero-order valence-corrected chi connectivity index (χ0v) is 11.1. The summed E-state index contributed by atoms with van der Waals surface area (Å²) in [5.74, 6) is 0.393. The van der Waals surface area contributed by atoms with Crippen LogP contribution in [0.1, 0.15) is 16.8 Å². The van der Waals surface area contributed by atoms with Crippen LogP contribution in [0.2, 0.25) is 0 Å². The molecule has 0 saturated carbocycles. The van der Waals surface area contributed by atoms with Gasteiger partial charge in [-0.2, -0.15) is 14.4 Å². The molecule has 0 amide bonds. The van der Waals surface area contributed by atoms with Gasteiger partial charge in [0, 0.05) is 18.4 Å². The number of fused-ring (bicyclic) bond motifs is 1. The molecule has 3 heterocycles. The second-order valence-electron chi connectivity index (χ2n) is 4.55. The molecule has 2 N–H and O–H groups in total. The lowest BCUT2D eigenvalue weighted by Gasteiger charge is -2.09. The summed E-state index contributed by atoms with van der Waals surface area (Å²) in [4.78, 5) is 18.4. The van der Waals surface area contributed by atoms with Crippen molar-refractivity contribution in [2.45, 2.75) is 20.4 Å². The Balaban J connectivity index is 1.88. The van der Waals surface area contributed by atoms with Crippen molar-refractivity contribution in [2.75, 3.05) is 5.32 Å². The van der Waals surface area contributed by atoms with Gasteiger partial charge in [0.15, 0.2) is 11.5 Å². The third-order valence-corrected chi connectivity index (χ3v) is 3.06. The first-order chi connectivity index (χ1) is 9.63. The van der Waals surface area contributed by atoms with Crippen molar-refractivity contribution in [1.29, 1.82) is 0 Å². The molecule has 0 radical (unpaired) electrons. The van der Waals surface area contributed by atoms with Crippen LogP contribution in [0.15, 0.2) is 18.6 Å². The van der Waals surface area contributed by atoms with E-state index < -0.39 is 6.08 Å². The molecule has 0 atom stereocenters. The number of anilines is 1. The van der Waals surface area contributed by atoms with Crippen LogP contribution in [0, 0.1) is 19.9 Å². The number of H-pyrrole nitrogens is 1. The SMILES string of the molecule is Cc1cc(C)c(CNc2nc(F)nc3nc[nH]c23)cn1. The molecule has 3 aromatic rings. The van der Waals surface area contributed by atoms with E-state index in [1.165, 1.54) is 6.33 Å². The van der Waals surface area contributed by atoms with Gasteiger partial charge in [-0.1, -0.05) is 0 Å². The molecule has 102 valence electrons. The Kier molecular flexibility index (Phi) is 3.02. The Bertz CT molecular complexity index is 767. The van der Waals surface area contributed by atoms with Crippen molar-refractivity contribution >= 4 is 17.0 Å². The lowest BCUT2D eigenvalue weighted by molar-refractivity contribution is 0.545. The molecule has 0 aliphatic carbocycles. The van der Waals surface area contributed by atoms with Gasteiger partial charge >= 0.3 is 6.08 Å². The summed E-state index contributed by atoms with van der Waals surface area (Å²) in [5.41, 5.74) is 4.01. The monoisotopic (exact) mass is 272 g/mol. The van der Waals surface area contributed by atoms with Crippen molar-refractivity contribution in [3.63, 3.8) is 0 Å². The van der Waals surface area contributed by atoms with Gasteiger partial charge in [-0.15, -0.1) is 0 Å². The highest BCUT2D eigenvalue weighted by Gasteiger charge is 2.10. The number of hydrogen-bond acceptors (Lipinski definition) is 5. The first-order valence-corrected chi connectivity index (χ1v) is 6.16. The van der Waals surface area contributed by atoms with E-state index in [4.69, 9.17) is 0 Å². The Morgan fingerprint density at radius 2 is 2.10 bits per heavy atom. The highest BCUT2D eigenvalue weighted by molar-refractivity contribution is 5.81. The standard InChI is InChI=1S/C13H13FN6/c1-7-3-8(2)15-4-9(7)5-16-11-10-12(18-6-17-10)20-13(14)19-11/h3-4,6H,5H2,1-2H3,(H2,16,17,18,19,20). The molecule has 3 aromatic heterocycles. The van der Waals surface area contributed by atoms with E-state index in [0.29, 0.717) is 23.5 Å². The van der Waals surface area contributed by atoms with Crippen molar-refractivity contribution in [3.05, 3.63) is 41.5 Å². The van der Waals surface area contributed by atoms with Crippen LogP contribution in [0.5, 0.6) is 0 Å². The number of halogens is 1. The van der Waals surface area contributed by atoms with Crippen LogP contribution in [0.25, 0.3) is 11.2 Å². The fourth-order valence-corrected chi connectivity index (χ4v) is 2.02. The minimum absolute atomic E-state index is 0.304. The highest BCUT2D eigenvalue weighted by atomic mass is 19.1. The van der Waals surface area contributed by atoms with Crippen LogP contribution in [0.3, 0.4) is 0 Å². The lowest BCUT2D eigenvalue weighted by atomic mass is 10.1. The molecule has 0 aliphatic rings. The zero-order valence-electron chi connectivity index (χ0n) is 11.1. The maximum atomic E-state index is 13.3. The van der Waals surface area contributed by atoms with Crippen LogP contribution < -0.4 is 5.32 Å². The number of rotatable bonds is 3. The van der Waals surface area contributed by atoms with Crippen molar-refractivity contribution in [2.24, 2.45) is 0 Å². The number of aryl methyl sites for hydroxylation is 2. The predicted octanol–water partition coefficient (Wildman–Crippen LogP) is 2.12. The maximum Gasteiger partial charge on any atom is 0.312 e. The molecule has 0 fully saturated rings. The number of imidazole rings is 1. The van der Waals surface area contributed by atoms with Gasteiger partial charge in [0.2, 0.25) is 0 Å². The average Bonchev–Trinajstić information content (AvgIpc) is 2.85. The first kappa shape index (κ1) is 12.5. The van der Waals surface area contributed by atoms with Gasteiger partial charge in [-0.3, -0.25) is 4.98 Å². The fraction of sp³-hybridized carbons (Fsp3) is 0.231. The Labute approximate surface area is 114 Å². The van der Waals surface area contributed by atoms with Crippen LogP contribution in [-0.2, 0) is 6.54 Å². The van der Waals surface area contributed by atoms with E-state index in [0.717, 1.165) is 16.8 Å². The summed E-state index contributed by atoms with van der Waals surface area (Å²) in [6.07, 6.45) is 2.47. The number of pyridine rings is 1. The van der Waals surface area contributed by atoms with Gasteiger partial charge in [0.25, 0.3) is 0 Å². The van der Waals surface area contributed by atoms with Crippen LogP contribution >= 0.6 is 0 Å². The second-order valence-corrected chi connectivity index (χ2v) is 4.55. The molecular weight excluding hydrogens is 259 g/mol. The molecule has 0 unspecified atom stereocenters. The number of hydrogen-bond donors (Lipinski definition) is 2. The summed E-state index contributed by atoms with van der Waals surface area (Å²) in [6.45, 7) is 4.46. The topological polar surface area (TPSA) is 79.4 Å². The van der Waals surface area contributed by atoms with Gasteiger partial charge in [-0.25, -0.2) is 4.98 Å². The smallest absolute Gasteiger partial charge is 0.312 e. The number of nitrogens with zero attached hydrogens (tertiary/aromatic N) is 4. The molecule has 0 bridgehead atoms. The van der Waals surface area contributed by atoms with E-state index in [2.05, 4.69) is 30.2 Å². The Hall–Kier alpha value is -2.57. The van der Waals surface area contributed by atoms with E-state index in [9.17, 15) is 4.39 Å². The average molecular weight is 272 g/mol. The van der Waals surface area contributed by atoms with Crippen LogP contribution in [0.4, 0.5) is 10.2 Å². The minimum atomic E-state index is -0.800. The quantitative estimate of drug-likeness (QED) is 0.714. The van der Waals surface area contributed by atoms with E-state index >= 15 is 0 Å². The van der Waals surface area contributed by atoms with Crippen molar-refractivity contribution < 1.29 is 4.39 Å². The van der Waals surface area contributed by atoms with Gasteiger partial charge in [-0.05, 0) is 31.0 Å². The van der Waals surface area contributed by atoms with Crippen molar-refractivity contribution in [3.8, 4) is 0 Å². The van der Waals surface area contributed by atoms with E-state index in [-0.39, 0.29) is 0 Å². The Morgan fingerprint density at radius 1 is 1.25 bits per heavy atom. The molecule has 20 heavy (non-hydrogen) atoms. The maximum absolute atomic E-state index is 13.3. The summed E-state index contributed by atoms with van der Waals surface area (Å²) in [7, 11) is 0. The number of nitrogens with one attached hydrogen (secondary N) is 2. The highest BCUT2D eigenvalue weighted by Crippen LogP contribution is 2.17. The molecule has 0 saturated heterocycles. The molecule has 7 heteroatoms. The largest absolute Gasteiger partial charge is 0.364 e. The summed E-state index contributed by atoms with van der Waals surface area (Å²) in [5, 5.41) is 3.09. The zero-order chi connectivity index (χ0) is 14.1. The molecule has 3 rings (SSSR count). The van der Waals surface area contributed by atoms with Gasteiger partial charge in [0.05, 0.1) is 6.33 Å². The molecule has 0 aromatic carbocycles. The summed E-state index contributed by atoms with van der Waals surface area (Å²) < 4.78 is 13.3. The lowest BCUT2D eigenvalue weighted by Crippen LogP contribution is -2.06.